The number of fused-ring (bicyclic) bond motifs is 1. The molecule has 0 unspecified atom stereocenters. The maximum absolute atomic E-state index is 15.0. The topological polar surface area (TPSA) is 133 Å². The van der Waals surface area contributed by atoms with Gasteiger partial charge >= 0.3 is 12.2 Å². The maximum Gasteiger partial charge on any atom is 0.420 e. The molecule has 0 saturated carbocycles. The summed E-state index contributed by atoms with van der Waals surface area (Å²) in [5.74, 6) is -3.08. The Morgan fingerprint density at radius 2 is 1.73 bits per heavy atom. The number of benzene rings is 1. The van der Waals surface area contributed by atoms with Crippen molar-refractivity contribution < 1.29 is 37.4 Å². The number of ketones is 1. The Morgan fingerprint density at radius 1 is 1.06 bits per heavy atom. The third kappa shape index (κ3) is 10.1. The van der Waals surface area contributed by atoms with Crippen molar-refractivity contribution in [2.45, 2.75) is 78.6 Å². The molecule has 0 spiro atoms. The predicted octanol–water partition coefficient (Wildman–Crippen LogP) is 5.11. The van der Waals surface area contributed by atoms with E-state index in [1.54, 1.807) is 40.9 Å². The van der Waals surface area contributed by atoms with E-state index >= 15 is 4.39 Å². The van der Waals surface area contributed by atoms with Crippen molar-refractivity contribution in [2.24, 2.45) is 5.92 Å². The van der Waals surface area contributed by atoms with Crippen molar-refractivity contribution in [1.82, 2.24) is 23.9 Å². The van der Waals surface area contributed by atoms with Gasteiger partial charge in [-0.05, 0) is 58.1 Å². The number of aromatic nitrogens is 3. The lowest BCUT2D eigenvalue weighted by atomic mass is 10.0. The second-order valence-electron chi connectivity index (χ2n) is 13.5. The lowest BCUT2D eigenvalue weighted by molar-refractivity contribution is -0.127. The highest BCUT2D eigenvalue weighted by Crippen LogP contribution is 2.28. The molecule has 0 fully saturated rings. The molecule has 0 aliphatic heterocycles. The lowest BCUT2D eigenvalue weighted by Crippen LogP contribution is -2.35. The van der Waals surface area contributed by atoms with Gasteiger partial charge in [-0.1, -0.05) is 26.0 Å². The highest BCUT2D eigenvalue weighted by Gasteiger charge is 2.28. The molecule has 0 saturated heterocycles. The second-order valence-corrected chi connectivity index (χ2v) is 13.5. The lowest BCUT2D eigenvalue weighted by Gasteiger charge is -2.21. The first-order valence-electron chi connectivity index (χ1n) is 15.9. The fourth-order valence-electron chi connectivity index (χ4n) is 4.87. The first kappa shape index (κ1) is 38.6. The van der Waals surface area contributed by atoms with E-state index in [4.69, 9.17) is 9.47 Å². The molecule has 0 aliphatic rings. The number of carbonyl (C=O) groups is 4. The van der Waals surface area contributed by atoms with Crippen LogP contribution in [0.5, 0.6) is 0 Å². The zero-order chi connectivity index (χ0) is 36.8. The summed E-state index contributed by atoms with van der Waals surface area (Å²) in [4.78, 5) is 71.8. The Labute approximate surface area is 284 Å². The number of allylic oxidation sites excluding steroid dienone is 1. The van der Waals surface area contributed by atoms with Gasteiger partial charge in [0.25, 0.3) is 5.56 Å². The molecule has 3 aromatic rings. The molecule has 266 valence electrons. The molecule has 49 heavy (non-hydrogen) atoms. The SMILES string of the molecule is CC(C)Cc1c(F)c(F)cc2c1nc(Cn1cccc(CC(=O)[C@H](CC/C=C/C(=O)N(C)C)OC(=O)N(C)C)c1=O)n2C(=O)OC(C)(C)C. The maximum atomic E-state index is 15.0. The van der Waals surface area contributed by atoms with Crippen LogP contribution in [0.4, 0.5) is 18.4 Å². The Hall–Kier alpha value is -4.88. The summed E-state index contributed by atoms with van der Waals surface area (Å²) in [5, 5.41) is 0. The number of amides is 2. The van der Waals surface area contributed by atoms with Gasteiger partial charge in [0.1, 0.15) is 11.4 Å². The van der Waals surface area contributed by atoms with E-state index < -0.39 is 46.9 Å². The molecule has 2 aromatic heterocycles. The molecular formula is C35H45F2N5O7. The Balaban J connectivity index is 2.01. The number of ether oxygens (including phenoxy) is 2. The smallest absolute Gasteiger partial charge is 0.420 e. The van der Waals surface area contributed by atoms with Gasteiger partial charge in [0.2, 0.25) is 5.91 Å². The zero-order valence-corrected chi connectivity index (χ0v) is 29.5. The number of nitrogens with zero attached hydrogens (tertiary/aromatic N) is 5. The van der Waals surface area contributed by atoms with Gasteiger partial charge < -0.3 is 23.8 Å². The predicted molar refractivity (Wildman–Crippen MR) is 179 cm³/mol. The molecule has 2 heterocycles. The van der Waals surface area contributed by atoms with Crippen molar-refractivity contribution in [1.29, 1.82) is 0 Å². The monoisotopic (exact) mass is 685 g/mol. The summed E-state index contributed by atoms with van der Waals surface area (Å²) >= 11 is 0. The van der Waals surface area contributed by atoms with Crippen LogP contribution in [0.3, 0.4) is 0 Å². The quantitative estimate of drug-likeness (QED) is 0.240. The van der Waals surface area contributed by atoms with Gasteiger partial charge in [-0.15, -0.1) is 0 Å². The molecule has 0 N–H and O–H groups in total. The summed E-state index contributed by atoms with van der Waals surface area (Å²) in [6, 6.07) is 3.87. The first-order chi connectivity index (χ1) is 22.8. The Bertz CT molecular complexity index is 1800. The minimum atomic E-state index is -1.21. The van der Waals surface area contributed by atoms with Crippen LogP contribution in [0, 0.1) is 17.6 Å². The summed E-state index contributed by atoms with van der Waals surface area (Å²) in [6.07, 6.45) is 1.59. The van der Waals surface area contributed by atoms with Gasteiger partial charge in [0.05, 0.1) is 17.6 Å². The highest BCUT2D eigenvalue weighted by atomic mass is 19.2. The zero-order valence-electron chi connectivity index (χ0n) is 29.5. The Kier molecular flexibility index (Phi) is 12.6. The van der Waals surface area contributed by atoms with E-state index in [0.29, 0.717) is 0 Å². The number of likely N-dealkylation sites (N-methyl/N-ethyl adjacent to an activating group) is 1. The van der Waals surface area contributed by atoms with Crippen LogP contribution >= 0.6 is 0 Å². The number of rotatable bonds is 12. The minimum absolute atomic E-state index is 0.000471. The van der Waals surface area contributed by atoms with Gasteiger partial charge in [-0.25, -0.2) is 27.9 Å². The van der Waals surface area contributed by atoms with Gasteiger partial charge in [0.15, 0.2) is 23.5 Å². The number of hydrogen-bond acceptors (Lipinski definition) is 8. The summed E-state index contributed by atoms with van der Waals surface area (Å²) in [5.41, 5.74) is -1.39. The first-order valence-corrected chi connectivity index (χ1v) is 15.9. The number of halogens is 2. The van der Waals surface area contributed by atoms with Crippen LogP contribution in [0.1, 0.15) is 64.4 Å². The largest absolute Gasteiger partial charge is 0.443 e. The van der Waals surface area contributed by atoms with E-state index in [0.717, 1.165) is 10.6 Å². The number of imidazole rings is 1. The van der Waals surface area contributed by atoms with Gasteiger partial charge in [0, 0.05) is 58.0 Å². The highest BCUT2D eigenvalue weighted by molar-refractivity contribution is 5.90. The number of pyridine rings is 1. The molecule has 14 heteroatoms. The number of carbonyl (C=O) groups excluding carboxylic acids is 4. The molecule has 3 rings (SSSR count). The average Bonchev–Trinajstić information content (AvgIpc) is 3.34. The number of hydrogen-bond donors (Lipinski definition) is 0. The van der Waals surface area contributed by atoms with Crippen molar-refractivity contribution in [3.8, 4) is 0 Å². The van der Waals surface area contributed by atoms with E-state index in [1.807, 2.05) is 13.8 Å². The molecule has 1 aromatic carbocycles. The molecule has 0 bridgehead atoms. The fraction of sp³-hybridized carbons (Fsp3) is 0.486. The number of Topliss-reactive ketones (excluding diaryl/α,β-unsaturated/α-hetero) is 1. The van der Waals surface area contributed by atoms with Crippen molar-refractivity contribution >= 4 is 34.9 Å². The summed E-state index contributed by atoms with van der Waals surface area (Å²) in [7, 11) is 6.13. The van der Waals surface area contributed by atoms with Gasteiger partial charge in [-0.3, -0.25) is 14.4 Å². The molecule has 0 radical (unpaired) electrons. The molecule has 0 aliphatic carbocycles. The van der Waals surface area contributed by atoms with Crippen molar-refractivity contribution in [3.63, 3.8) is 0 Å². The van der Waals surface area contributed by atoms with Crippen LogP contribution < -0.4 is 5.56 Å². The van der Waals surface area contributed by atoms with E-state index in [9.17, 15) is 28.4 Å². The normalized spacial score (nSPS) is 12.4. The van der Waals surface area contributed by atoms with E-state index in [-0.39, 0.29) is 72.0 Å². The summed E-state index contributed by atoms with van der Waals surface area (Å²) in [6.45, 7) is 8.33. The van der Waals surface area contributed by atoms with E-state index in [2.05, 4.69) is 4.98 Å². The third-order valence-corrected chi connectivity index (χ3v) is 7.23. The molecule has 12 nitrogen and oxygen atoms in total. The van der Waals surface area contributed by atoms with E-state index in [1.165, 1.54) is 52.9 Å². The van der Waals surface area contributed by atoms with Crippen molar-refractivity contribution in [2.75, 3.05) is 28.2 Å². The van der Waals surface area contributed by atoms with Crippen LogP contribution in [-0.2, 0) is 38.4 Å². The van der Waals surface area contributed by atoms with Crippen molar-refractivity contribution in [3.05, 3.63) is 75.5 Å². The fourth-order valence-corrected chi connectivity index (χ4v) is 4.87. The van der Waals surface area contributed by atoms with Crippen LogP contribution in [-0.4, -0.2) is 87.7 Å². The average molecular weight is 686 g/mol. The second kappa shape index (κ2) is 16.0. The standard InChI is InChI=1S/C35H45F2N5O7/c1-21(2)17-23-30(37)24(36)19-25-31(23)38-28(42(25)34(47)49-35(3,4)5)20-41-16-12-13-22(32(41)45)18-26(43)27(48-33(46)40(8)9)14-10-11-15-29(44)39(6)7/h11-13,15-16,19,21,27H,10,14,17-18,20H2,1-9H3/b15-11+/t27-/m0/s1. The molecule has 1 atom stereocenters. The van der Waals surface area contributed by atoms with Crippen LogP contribution in [0.2, 0.25) is 0 Å². The van der Waals surface area contributed by atoms with Crippen LogP contribution in [0.25, 0.3) is 11.0 Å². The third-order valence-electron chi connectivity index (χ3n) is 7.23. The molecule has 2 amide bonds. The van der Waals surface area contributed by atoms with Gasteiger partial charge in [-0.2, -0.15) is 0 Å². The minimum Gasteiger partial charge on any atom is -0.443 e. The van der Waals surface area contributed by atoms with Crippen LogP contribution in [0.15, 0.2) is 41.3 Å². The molecular weight excluding hydrogens is 640 g/mol. The summed E-state index contributed by atoms with van der Waals surface area (Å²) < 4.78 is 43.1. The Morgan fingerprint density at radius 3 is 2.33 bits per heavy atom.